The molecule has 1 saturated heterocycles. The number of hydrogen-bond donors (Lipinski definition) is 0. The highest BCUT2D eigenvalue weighted by atomic mass is 16.5. The van der Waals surface area contributed by atoms with Gasteiger partial charge in [0.2, 0.25) is 0 Å². The molecule has 0 saturated carbocycles. The van der Waals surface area contributed by atoms with Crippen LogP contribution in [0.3, 0.4) is 0 Å². The lowest BCUT2D eigenvalue weighted by Crippen LogP contribution is -2.46. The third kappa shape index (κ3) is 2.68. The van der Waals surface area contributed by atoms with Crippen molar-refractivity contribution in [3.05, 3.63) is 71.8 Å². The summed E-state index contributed by atoms with van der Waals surface area (Å²) in [5, 5.41) is 2.51. The first-order chi connectivity index (χ1) is 13.3. The van der Waals surface area contributed by atoms with Crippen LogP contribution in [-0.2, 0) is 4.74 Å². The third-order valence-corrected chi connectivity index (χ3v) is 5.78. The quantitative estimate of drug-likeness (QED) is 0.670. The van der Waals surface area contributed by atoms with Crippen molar-refractivity contribution in [2.24, 2.45) is 5.92 Å². The van der Waals surface area contributed by atoms with Crippen LogP contribution in [0.4, 0.5) is 0 Å². The Morgan fingerprint density at radius 1 is 1.00 bits per heavy atom. The largest absolute Gasteiger partial charge is 0.497 e. The number of rotatable bonds is 2. The van der Waals surface area contributed by atoms with E-state index >= 15 is 0 Å². The maximum Gasteiger partial charge on any atom is 0.137 e. The summed E-state index contributed by atoms with van der Waals surface area (Å²) in [7, 11) is 3.85. The van der Waals surface area contributed by atoms with Gasteiger partial charge in [-0.1, -0.05) is 42.5 Å². The molecular weight excluding hydrogens is 338 g/mol. The Balaban J connectivity index is 1.60. The summed E-state index contributed by atoms with van der Waals surface area (Å²) in [5.74, 6) is 2.16. The molecule has 2 aliphatic rings. The van der Waals surface area contributed by atoms with Crippen molar-refractivity contribution in [3.63, 3.8) is 0 Å². The van der Waals surface area contributed by atoms with E-state index in [2.05, 4.69) is 60.5 Å². The molecule has 3 aromatic rings. The summed E-state index contributed by atoms with van der Waals surface area (Å²) in [6, 6.07) is 21.2. The molecule has 27 heavy (non-hydrogen) atoms. The van der Waals surface area contributed by atoms with Gasteiger partial charge in [-0.05, 0) is 41.6 Å². The fraction of sp³-hybridized carbons (Fsp3) is 0.304. The Kier molecular flexibility index (Phi) is 4.03. The van der Waals surface area contributed by atoms with E-state index in [9.17, 15) is 0 Å². The van der Waals surface area contributed by atoms with Gasteiger partial charge < -0.3 is 14.2 Å². The average molecular weight is 361 g/mol. The van der Waals surface area contributed by atoms with E-state index in [-0.39, 0.29) is 12.3 Å². The molecule has 0 aliphatic carbocycles. The third-order valence-electron chi connectivity index (χ3n) is 5.78. The van der Waals surface area contributed by atoms with Crippen molar-refractivity contribution in [2.75, 3.05) is 27.4 Å². The number of ether oxygens (including phenoxy) is 3. The molecule has 2 heterocycles. The van der Waals surface area contributed by atoms with Gasteiger partial charge in [0.15, 0.2) is 0 Å². The van der Waals surface area contributed by atoms with Crippen LogP contribution in [-0.4, -0.2) is 32.3 Å². The predicted molar refractivity (Wildman–Crippen MR) is 105 cm³/mol. The molecule has 2 aliphatic heterocycles. The number of fused-ring (bicyclic) bond motifs is 5. The van der Waals surface area contributed by atoms with Gasteiger partial charge in [0.1, 0.15) is 17.7 Å². The van der Waals surface area contributed by atoms with Crippen molar-refractivity contribution >= 4 is 10.8 Å². The summed E-state index contributed by atoms with van der Waals surface area (Å²) < 4.78 is 17.8. The second kappa shape index (κ2) is 6.55. The van der Waals surface area contributed by atoms with Gasteiger partial charge >= 0.3 is 0 Å². The maximum absolute atomic E-state index is 6.26. The molecule has 5 rings (SSSR count). The minimum absolute atomic E-state index is 0.105. The van der Waals surface area contributed by atoms with Crippen molar-refractivity contribution < 1.29 is 14.2 Å². The summed E-state index contributed by atoms with van der Waals surface area (Å²) in [6.45, 7) is 1.37. The molecule has 0 radical (unpaired) electrons. The topological polar surface area (TPSA) is 30.9 Å². The fourth-order valence-electron chi connectivity index (χ4n) is 4.51. The molecule has 4 nitrogen and oxygen atoms in total. The van der Waals surface area contributed by atoms with Gasteiger partial charge in [0.05, 0.1) is 20.3 Å². The van der Waals surface area contributed by atoms with Gasteiger partial charge in [0.25, 0.3) is 0 Å². The van der Waals surface area contributed by atoms with Crippen LogP contribution in [0.25, 0.3) is 10.8 Å². The highest BCUT2D eigenvalue weighted by Gasteiger charge is 2.42. The van der Waals surface area contributed by atoms with E-state index in [0.717, 1.165) is 17.1 Å². The summed E-state index contributed by atoms with van der Waals surface area (Å²) in [4.78, 5) is 2.34. The fourth-order valence-corrected chi connectivity index (χ4v) is 4.51. The highest BCUT2D eigenvalue weighted by molar-refractivity contribution is 5.88. The lowest BCUT2D eigenvalue weighted by Gasteiger charge is -2.47. The molecule has 0 aromatic heterocycles. The Bertz CT molecular complexity index is 986. The number of hydrogen-bond acceptors (Lipinski definition) is 4. The number of nitrogens with zero attached hydrogens (tertiary/aromatic N) is 1. The predicted octanol–water partition coefficient (Wildman–Crippen LogP) is 4.56. The SMILES string of the molecule is COc1cccc(C2OC[C@H]3COc4ccc5ccccc5c4[C@@H]3N2C)c1. The minimum atomic E-state index is -0.105. The molecule has 0 amide bonds. The molecule has 3 aromatic carbocycles. The Morgan fingerprint density at radius 2 is 1.89 bits per heavy atom. The Hall–Kier alpha value is -2.56. The molecule has 4 heteroatoms. The van der Waals surface area contributed by atoms with Gasteiger partial charge in [-0.25, -0.2) is 0 Å². The zero-order chi connectivity index (χ0) is 18.4. The van der Waals surface area contributed by atoms with Gasteiger partial charge in [-0.15, -0.1) is 0 Å². The van der Waals surface area contributed by atoms with Crippen LogP contribution in [0.15, 0.2) is 60.7 Å². The van der Waals surface area contributed by atoms with Gasteiger partial charge in [-0.2, -0.15) is 0 Å². The van der Waals surface area contributed by atoms with E-state index in [1.165, 1.54) is 16.3 Å². The molecule has 3 atom stereocenters. The first-order valence-corrected chi connectivity index (χ1v) is 9.38. The summed E-state index contributed by atoms with van der Waals surface area (Å²) >= 11 is 0. The summed E-state index contributed by atoms with van der Waals surface area (Å²) in [5.41, 5.74) is 2.40. The molecule has 138 valence electrons. The van der Waals surface area contributed by atoms with Crippen molar-refractivity contribution in [1.82, 2.24) is 4.90 Å². The second-order valence-corrected chi connectivity index (χ2v) is 7.34. The Morgan fingerprint density at radius 3 is 2.78 bits per heavy atom. The molecular formula is C23H23NO3. The van der Waals surface area contributed by atoms with E-state index < -0.39 is 0 Å². The van der Waals surface area contributed by atoms with Gasteiger partial charge in [-0.3, -0.25) is 4.90 Å². The smallest absolute Gasteiger partial charge is 0.137 e. The molecule has 0 N–H and O–H groups in total. The molecule has 0 spiro atoms. The second-order valence-electron chi connectivity index (χ2n) is 7.34. The van der Waals surface area contributed by atoms with E-state index in [0.29, 0.717) is 19.1 Å². The van der Waals surface area contributed by atoms with Crippen LogP contribution in [0.1, 0.15) is 23.4 Å². The van der Waals surface area contributed by atoms with Crippen molar-refractivity contribution in [3.8, 4) is 11.5 Å². The summed E-state index contributed by atoms with van der Waals surface area (Å²) in [6.07, 6.45) is -0.105. The van der Waals surface area contributed by atoms with E-state index in [1.54, 1.807) is 7.11 Å². The lowest BCUT2D eigenvalue weighted by atomic mass is 9.85. The monoisotopic (exact) mass is 361 g/mol. The maximum atomic E-state index is 6.26. The van der Waals surface area contributed by atoms with Gasteiger partial charge in [0, 0.05) is 17.5 Å². The first kappa shape index (κ1) is 16.6. The van der Waals surface area contributed by atoms with Crippen LogP contribution in [0, 0.1) is 5.92 Å². The van der Waals surface area contributed by atoms with E-state index in [4.69, 9.17) is 14.2 Å². The minimum Gasteiger partial charge on any atom is -0.497 e. The van der Waals surface area contributed by atoms with Crippen molar-refractivity contribution in [1.29, 1.82) is 0 Å². The van der Waals surface area contributed by atoms with Crippen molar-refractivity contribution in [2.45, 2.75) is 12.3 Å². The van der Waals surface area contributed by atoms with Crippen LogP contribution >= 0.6 is 0 Å². The van der Waals surface area contributed by atoms with Crippen LogP contribution in [0.5, 0.6) is 11.5 Å². The number of benzene rings is 3. The molecule has 0 bridgehead atoms. The zero-order valence-electron chi connectivity index (χ0n) is 15.6. The first-order valence-electron chi connectivity index (χ1n) is 9.38. The molecule has 1 unspecified atom stereocenters. The lowest BCUT2D eigenvalue weighted by molar-refractivity contribution is -0.155. The van der Waals surface area contributed by atoms with Crippen LogP contribution in [0.2, 0.25) is 0 Å². The van der Waals surface area contributed by atoms with E-state index in [1.807, 2.05) is 12.1 Å². The standard InChI is InChI=1S/C23H23NO3/c1-24-22-17(14-27-23(24)16-7-5-8-18(12-16)25-2)13-26-20-11-10-15-6-3-4-9-19(15)21(20)22/h3-12,17,22-23H,13-14H2,1-2H3/t17-,22-,23?/m1/s1. The highest BCUT2D eigenvalue weighted by Crippen LogP contribution is 2.48. The number of methoxy groups -OCH3 is 1. The normalized spacial score (nSPS) is 24.7. The molecule has 1 fully saturated rings. The average Bonchev–Trinajstić information content (AvgIpc) is 2.73. The van der Waals surface area contributed by atoms with Crippen LogP contribution < -0.4 is 9.47 Å². The zero-order valence-corrected chi connectivity index (χ0v) is 15.6. The Labute approximate surface area is 159 Å².